The monoisotopic (exact) mass is 275 g/mol. The minimum absolute atomic E-state index is 0.0977. The number of rotatable bonds is 5. The Morgan fingerprint density at radius 1 is 1.35 bits per heavy atom. The topological polar surface area (TPSA) is 44.4 Å². The van der Waals surface area contributed by atoms with Crippen molar-refractivity contribution in [3.05, 3.63) is 29.3 Å². The lowest BCUT2D eigenvalue weighted by Gasteiger charge is -2.20. The Bertz CT molecular complexity index is 485. The highest BCUT2D eigenvalue weighted by molar-refractivity contribution is 5.82. The van der Waals surface area contributed by atoms with E-state index in [9.17, 15) is 4.79 Å². The van der Waals surface area contributed by atoms with E-state index >= 15 is 0 Å². The number of carbonyl (C=O) groups is 1. The van der Waals surface area contributed by atoms with E-state index in [1.807, 2.05) is 20.9 Å². The minimum atomic E-state index is 0.0977. The van der Waals surface area contributed by atoms with Crippen LogP contribution in [0.25, 0.3) is 0 Å². The van der Waals surface area contributed by atoms with Gasteiger partial charge in [0.2, 0.25) is 5.91 Å². The highest BCUT2D eigenvalue weighted by Gasteiger charge is 2.22. The Hall–Kier alpha value is -1.55. The van der Waals surface area contributed by atoms with Gasteiger partial charge in [-0.05, 0) is 51.4 Å². The van der Waals surface area contributed by atoms with Crippen LogP contribution in [-0.2, 0) is 11.2 Å². The fourth-order valence-electron chi connectivity index (χ4n) is 2.63. The van der Waals surface area contributed by atoms with Crippen LogP contribution in [0.1, 0.15) is 37.9 Å². The highest BCUT2D eigenvalue weighted by atomic mass is 16.2. The molecule has 0 bridgehead atoms. The van der Waals surface area contributed by atoms with E-state index in [1.54, 1.807) is 0 Å². The molecule has 0 aromatic heterocycles. The summed E-state index contributed by atoms with van der Waals surface area (Å²) in [5.74, 6) is 0.0977. The Balaban J connectivity index is 2.08. The first-order valence-corrected chi connectivity index (χ1v) is 7.35. The van der Waals surface area contributed by atoms with Gasteiger partial charge in [-0.3, -0.25) is 4.79 Å². The number of fused-ring (bicyclic) bond motifs is 1. The van der Waals surface area contributed by atoms with Gasteiger partial charge in [-0.1, -0.05) is 12.1 Å². The summed E-state index contributed by atoms with van der Waals surface area (Å²) in [5.41, 5.74) is 3.86. The molecule has 20 heavy (non-hydrogen) atoms. The first-order chi connectivity index (χ1) is 9.51. The molecular formula is C16H25N3O. The molecule has 2 N–H and O–H groups in total. The van der Waals surface area contributed by atoms with E-state index in [1.165, 1.54) is 16.8 Å². The van der Waals surface area contributed by atoms with Crippen LogP contribution in [0.4, 0.5) is 5.69 Å². The van der Waals surface area contributed by atoms with Gasteiger partial charge in [-0.25, -0.2) is 0 Å². The van der Waals surface area contributed by atoms with Gasteiger partial charge >= 0.3 is 0 Å². The fourth-order valence-corrected chi connectivity index (χ4v) is 2.63. The molecule has 0 saturated carbocycles. The predicted octanol–water partition coefficient (Wildman–Crippen LogP) is 1.85. The average Bonchev–Trinajstić information content (AvgIpc) is 2.79. The van der Waals surface area contributed by atoms with Gasteiger partial charge in [0.1, 0.15) is 0 Å². The van der Waals surface area contributed by atoms with Crippen LogP contribution in [0, 0.1) is 0 Å². The second-order valence-corrected chi connectivity index (χ2v) is 5.79. The van der Waals surface area contributed by atoms with Crippen molar-refractivity contribution in [2.24, 2.45) is 0 Å². The van der Waals surface area contributed by atoms with Gasteiger partial charge in [0.25, 0.3) is 0 Å². The molecule has 0 spiro atoms. The van der Waals surface area contributed by atoms with Gasteiger partial charge in [0.05, 0.1) is 6.54 Å². The SMILES string of the molecule is CNC(C)c1ccc2c(c1)CCN2CC(=O)NC(C)C. The molecule has 0 saturated heterocycles. The van der Waals surface area contributed by atoms with Crippen LogP contribution < -0.4 is 15.5 Å². The van der Waals surface area contributed by atoms with E-state index in [0.29, 0.717) is 12.6 Å². The maximum Gasteiger partial charge on any atom is 0.239 e. The molecule has 1 aromatic rings. The Kier molecular flexibility index (Phi) is 4.65. The number of benzene rings is 1. The molecular weight excluding hydrogens is 250 g/mol. The molecule has 4 nitrogen and oxygen atoms in total. The number of amides is 1. The number of anilines is 1. The lowest BCUT2D eigenvalue weighted by atomic mass is 10.0. The van der Waals surface area contributed by atoms with Crippen molar-refractivity contribution in [2.75, 3.05) is 25.0 Å². The normalized spacial score (nSPS) is 15.3. The standard InChI is InChI=1S/C16H25N3O/c1-11(2)18-16(20)10-19-8-7-14-9-13(12(3)17-4)5-6-15(14)19/h5-6,9,11-12,17H,7-8,10H2,1-4H3,(H,18,20). The van der Waals surface area contributed by atoms with E-state index in [2.05, 4.69) is 40.7 Å². The summed E-state index contributed by atoms with van der Waals surface area (Å²) in [6.45, 7) is 7.51. The van der Waals surface area contributed by atoms with Crippen LogP contribution >= 0.6 is 0 Å². The van der Waals surface area contributed by atoms with Crippen LogP contribution in [0.3, 0.4) is 0 Å². The van der Waals surface area contributed by atoms with Crippen molar-refractivity contribution in [1.82, 2.24) is 10.6 Å². The van der Waals surface area contributed by atoms with Crippen LogP contribution in [-0.4, -0.2) is 32.1 Å². The van der Waals surface area contributed by atoms with Crippen LogP contribution in [0.5, 0.6) is 0 Å². The maximum atomic E-state index is 11.9. The highest BCUT2D eigenvalue weighted by Crippen LogP contribution is 2.30. The van der Waals surface area contributed by atoms with Crippen molar-refractivity contribution >= 4 is 11.6 Å². The summed E-state index contributed by atoms with van der Waals surface area (Å²) in [4.78, 5) is 14.0. The van der Waals surface area contributed by atoms with Crippen LogP contribution in [0.2, 0.25) is 0 Å². The smallest absolute Gasteiger partial charge is 0.239 e. The molecule has 110 valence electrons. The molecule has 1 aliphatic rings. The van der Waals surface area contributed by atoms with Gasteiger partial charge in [0.15, 0.2) is 0 Å². The average molecular weight is 275 g/mol. The van der Waals surface area contributed by atoms with Crippen LogP contribution in [0.15, 0.2) is 18.2 Å². The van der Waals surface area contributed by atoms with Gasteiger partial charge in [0, 0.05) is 24.3 Å². The third-order valence-electron chi connectivity index (χ3n) is 3.81. The first kappa shape index (κ1) is 14.9. The number of nitrogens with zero attached hydrogens (tertiary/aromatic N) is 1. The molecule has 1 atom stereocenters. The summed E-state index contributed by atoms with van der Waals surface area (Å²) in [6.07, 6.45) is 1.02. The molecule has 1 heterocycles. The second-order valence-electron chi connectivity index (χ2n) is 5.79. The van der Waals surface area contributed by atoms with E-state index in [4.69, 9.17) is 0 Å². The fraction of sp³-hybridized carbons (Fsp3) is 0.562. The maximum absolute atomic E-state index is 11.9. The molecule has 1 aromatic carbocycles. The van der Waals surface area contributed by atoms with Crippen molar-refractivity contribution in [3.63, 3.8) is 0 Å². The van der Waals surface area contributed by atoms with E-state index in [-0.39, 0.29) is 11.9 Å². The largest absolute Gasteiger partial charge is 0.362 e. The third-order valence-corrected chi connectivity index (χ3v) is 3.81. The Morgan fingerprint density at radius 3 is 2.75 bits per heavy atom. The summed E-state index contributed by atoms with van der Waals surface area (Å²) < 4.78 is 0. The van der Waals surface area contributed by atoms with Gasteiger partial charge < -0.3 is 15.5 Å². The lowest BCUT2D eigenvalue weighted by Crippen LogP contribution is -2.39. The zero-order valence-electron chi connectivity index (χ0n) is 12.9. The number of hydrogen-bond acceptors (Lipinski definition) is 3. The molecule has 1 aliphatic heterocycles. The van der Waals surface area contributed by atoms with Crippen molar-refractivity contribution in [3.8, 4) is 0 Å². The van der Waals surface area contributed by atoms with E-state index in [0.717, 1.165) is 13.0 Å². The zero-order chi connectivity index (χ0) is 14.7. The zero-order valence-corrected chi connectivity index (χ0v) is 12.9. The minimum Gasteiger partial charge on any atom is -0.362 e. The Labute approximate surface area is 121 Å². The molecule has 0 radical (unpaired) electrons. The summed E-state index contributed by atoms with van der Waals surface area (Å²) in [7, 11) is 1.97. The molecule has 1 unspecified atom stereocenters. The molecule has 1 amide bonds. The predicted molar refractivity (Wildman–Crippen MR) is 83.1 cm³/mol. The number of nitrogens with one attached hydrogen (secondary N) is 2. The van der Waals surface area contributed by atoms with E-state index < -0.39 is 0 Å². The summed E-state index contributed by atoms with van der Waals surface area (Å²) in [5, 5.41) is 6.21. The molecule has 0 fully saturated rings. The van der Waals surface area contributed by atoms with Crippen molar-refractivity contribution < 1.29 is 4.79 Å². The first-order valence-electron chi connectivity index (χ1n) is 7.35. The molecule has 2 rings (SSSR count). The van der Waals surface area contributed by atoms with Gasteiger partial charge in [-0.2, -0.15) is 0 Å². The summed E-state index contributed by atoms with van der Waals surface area (Å²) in [6, 6.07) is 7.12. The lowest BCUT2D eigenvalue weighted by molar-refractivity contribution is -0.120. The molecule has 4 heteroatoms. The molecule has 0 aliphatic carbocycles. The second kappa shape index (κ2) is 6.27. The Morgan fingerprint density at radius 2 is 2.10 bits per heavy atom. The third kappa shape index (κ3) is 3.31. The summed E-state index contributed by atoms with van der Waals surface area (Å²) >= 11 is 0. The van der Waals surface area contributed by atoms with Gasteiger partial charge in [-0.15, -0.1) is 0 Å². The van der Waals surface area contributed by atoms with Crippen molar-refractivity contribution in [1.29, 1.82) is 0 Å². The number of carbonyl (C=O) groups excluding carboxylic acids is 1. The van der Waals surface area contributed by atoms with Crippen molar-refractivity contribution in [2.45, 2.75) is 39.3 Å². The quantitative estimate of drug-likeness (QED) is 0.862. The number of hydrogen-bond donors (Lipinski definition) is 2.